The number of aromatic carboxylic acids is 1. The van der Waals surface area contributed by atoms with Gasteiger partial charge in [0.2, 0.25) is 0 Å². The Morgan fingerprint density at radius 1 is 1.14 bits per heavy atom. The number of benzene rings is 2. The smallest absolute Gasteiger partial charge is 0.335 e. The molecule has 1 N–H and O–H groups in total. The first-order chi connectivity index (χ1) is 10.7. The summed E-state index contributed by atoms with van der Waals surface area (Å²) in [4.78, 5) is 11.0. The molecule has 1 aromatic heterocycles. The molecule has 0 aliphatic carbocycles. The Labute approximate surface area is 128 Å². The zero-order valence-electron chi connectivity index (χ0n) is 12.2. The molecule has 110 valence electrons. The molecule has 3 aromatic rings. The second kappa shape index (κ2) is 5.85. The van der Waals surface area contributed by atoms with E-state index >= 15 is 0 Å². The van der Waals surface area contributed by atoms with Gasteiger partial charge in [-0.05, 0) is 42.3 Å². The van der Waals surface area contributed by atoms with Crippen molar-refractivity contribution in [2.75, 3.05) is 0 Å². The third-order valence-electron chi connectivity index (χ3n) is 3.60. The normalized spacial score (nSPS) is 10.6. The van der Waals surface area contributed by atoms with Gasteiger partial charge in [0.25, 0.3) is 0 Å². The maximum Gasteiger partial charge on any atom is 0.335 e. The highest BCUT2D eigenvalue weighted by Crippen LogP contribution is 2.20. The second-order valence-corrected chi connectivity index (χ2v) is 5.05. The molecular formula is C18H16N2O2. The molecule has 3 rings (SSSR count). The van der Waals surface area contributed by atoms with E-state index in [1.165, 1.54) is 5.56 Å². The van der Waals surface area contributed by atoms with Crippen molar-refractivity contribution in [1.82, 2.24) is 9.78 Å². The van der Waals surface area contributed by atoms with E-state index in [1.54, 1.807) is 22.9 Å². The molecule has 1 heterocycles. The third kappa shape index (κ3) is 2.76. The predicted molar refractivity (Wildman–Crippen MR) is 85.3 cm³/mol. The largest absolute Gasteiger partial charge is 0.478 e. The number of rotatable bonds is 4. The van der Waals surface area contributed by atoms with Crippen molar-refractivity contribution >= 4 is 5.97 Å². The molecule has 4 nitrogen and oxygen atoms in total. The molecule has 0 radical (unpaired) electrons. The summed E-state index contributed by atoms with van der Waals surface area (Å²) in [6, 6.07) is 16.9. The molecule has 0 atom stereocenters. The van der Waals surface area contributed by atoms with Gasteiger partial charge in [0, 0.05) is 11.8 Å². The summed E-state index contributed by atoms with van der Waals surface area (Å²) < 4.78 is 1.79. The molecule has 2 aromatic carbocycles. The first-order valence-electron chi connectivity index (χ1n) is 7.16. The first kappa shape index (κ1) is 14.1. The summed E-state index contributed by atoms with van der Waals surface area (Å²) in [5, 5.41) is 13.6. The zero-order valence-corrected chi connectivity index (χ0v) is 12.2. The van der Waals surface area contributed by atoms with Gasteiger partial charge in [-0.15, -0.1) is 0 Å². The molecule has 22 heavy (non-hydrogen) atoms. The number of aryl methyl sites for hydroxylation is 1. The molecule has 0 spiro atoms. The maximum atomic E-state index is 11.0. The van der Waals surface area contributed by atoms with Crippen LogP contribution in [0.2, 0.25) is 0 Å². The van der Waals surface area contributed by atoms with Crippen LogP contribution >= 0.6 is 0 Å². The maximum absolute atomic E-state index is 11.0. The van der Waals surface area contributed by atoms with E-state index in [1.807, 2.05) is 30.5 Å². The number of carbonyl (C=O) groups is 1. The van der Waals surface area contributed by atoms with Crippen LogP contribution < -0.4 is 0 Å². The van der Waals surface area contributed by atoms with Crippen molar-refractivity contribution in [3.63, 3.8) is 0 Å². The highest BCUT2D eigenvalue weighted by molar-refractivity contribution is 5.89. The van der Waals surface area contributed by atoms with Crippen molar-refractivity contribution in [3.05, 3.63) is 71.9 Å². The Morgan fingerprint density at radius 3 is 2.59 bits per heavy atom. The molecule has 0 aliphatic heterocycles. The van der Waals surface area contributed by atoms with Crippen LogP contribution in [0, 0.1) is 0 Å². The summed E-state index contributed by atoms with van der Waals surface area (Å²) in [5.74, 6) is -0.934. The molecule has 0 amide bonds. The van der Waals surface area contributed by atoms with Gasteiger partial charge in [-0.1, -0.05) is 31.2 Å². The van der Waals surface area contributed by atoms with Crippen LogP contribution in [0.1, 0.15) is 22.8 Å². The van der Waals surface area contributed by atoms with Crippen molar-refractivity contribution in [2.24, 2.45) is 0 Å². The van der Waals surface area contributed by atoms with Crippen LogP contribution in [-0.4, -0.2) is 20.9 Å². The lowest BCUT2D eigenvalue weighted by Gasteiger charge is -2.03. The average Bonchev–Trinajstić information content (AvgIpc) is 3.05. The highest BCUT2D eigenvalue weighted by Gasteiger charge is 2.07. The minimum absolute atomic E-state index is 0.263. The minimum Gasteiger partial charge on any atom is -0.478 e. The standard InChI is InChI=1S/C18H16N2O2/c1-2-13-6-8-16(9-7-13)20-11-10-17(19-20)14-4-3-5-15(12-14)18(21)22/h3-12H,2H2,1H3,(H,21,22). The number of carboxylic acids is 1. The first-order valence-corrected chi connectivity index (χ1v) is 7.16. The van der Waals surface area contributed by atoms with E-state index in [0.29, 0.717) is 0 Å². The van der Waals surface area contributed by atoms with Gasteiger partial charge in [0.15, 0.2) is 0 Å². The van der Waals surface area contributed by atoms with E-state index in [-0.39, 0.29) is 5.56 Å². The summed E-state index contributed by atoms with van der Waals surface area (Å²) in [6.45, 7) is 2.12. The quantitative estimate of drug-likeness (QED) is 0.795. The van der Waals surface area contributed by atoms with Gasteiger partial charge < -0.3 is 5.11 Å². The van der Waals surface area contributed by atoms with E-state index in [2.05, 4.69) is 24.2 Å². The lowest BCUT2D eigenvalue weighted by molar-refractivity contribution is 0.0697. The Kier molecular flexibility index (Phi) is 3.74. The molecule has 0 aliphatic rings. The number of hydrogen-bond acceptors (Lipinski definition) is 2. The monoisotopic (exact) mass is 292 g/mol. The predicted octanol–water partition coefficient (Wildman–Crippen LogP) is 3.80. The van der Waals surface area contributed by atoms with E-state index in [9.17, 15) is 4.79 Å². The van der Waals surface area contributed by atoms with Crippen LogP contribution in [-0.2, 0) is 6.42 Å². The van der Waals surface area contributed by atoms with Crippen LogP contribution in [0.3, 0.4) is 0 Å². The molecule has 0 unspecified atom stereocenters. The Bertz CT molecular complexity index is 804. The van der Waals surface area contributed by atoms with Crippen LogP contribution in [0.4, 0.5) is 0 Å². The molecule has 0 fully saturated rings. The van der Waals surface area contributed by atoms with E-state index in [0.717, 1.165) is 23.4 Å². The lowest BCUT2D eigenvalue weighted by Crippen LogP contribution is -1.97. The van der Waals surface area contributed by atoms with Gasteiger partial charge in [0.05, 0.1) is 16.9 Å². The fourth-order valence-electron chi connectivity index (χ4n) is 2.32. The fourth-order valence-corrected chi connectivity index (χ4v) is 2.32. The van der Waals surface area contributed by atoms with Crippen LogP contribution in [0.5, 0.6) is 0 Å². The second-order valence-electron chi connectivity index (χ2n) is 5.05. The lowest BCUT2D eigenvalue weighted by atomic mass is 10.1. The molecule has 0 saturated heterocycles. The Hall–Kier alpha value is -2.88. The average molecular weight is 292 g/mol. The van der Waals surface area contributed by atoms with E-state index < -0.39 is 5.97 Å². The van der Waals surface area contributed by atoms with E-state index in [4.69, 9.17) is 5.11 Å². The molecule has 0 saturated carbocycles. The summed E-state index contributed by atoms with van der Waals surface area (Å²) >= 11 is 0. The van der Waals surface area contributed by atoms with Gasteiger partial charge in [0.1, 0.15) is 0 Å². The van der Waals surface area contributed by atoms with Gasteiger partial charge >= 0.3 is 5.97 Å². The van der Waals surface area contributed by atoms with Crippen LogP contribution in [0.25, 0.3) is 16.9 Å². The fraction of sp³-hybridized carbons (Fsp3) is 0.111. The number of nitrogens with zero attached hydrogens (tertiary/aromatic N) is 2. The summed E-state index contributed by atoms with van der Waals surface area (Å²) in [5.41, 5.74) is 4.08. The van der Waals surface area contributed by atoms with Crippen molar-refractivity contribution < 1.29 is 9.90 Å². The van der Waals surface area contributed by atoms with Crippen molar-refractivity contribution in [2.45, 2.75) is 13.3 Å². The van der Waals surface area contributed by atoms with Gasteiger partial charge in [-0.3, -0.25) is 0 Å². The third-order valence-corrected chi connectivity index (χ3v) is 3.60. The van der Waals surface area contributed by atoms with Gasteiger partial charge in [-0.2, -0.15) is 5.10 Å². The topological polar surface area (TPSA) is 55.1 Å². The number of aromatic nitrogens is 2. The molecular weight excluding hydrogens is 276 g/mol. The SMILES string of the molecule is CCc1ccc(-n2ccc(-c3cccc(C(=O)O)c3)n2)cc1. The van der Waals surface area contributed by atoms with Crippen LogP contribution in [0.15, 0.2) is 60.8 Å². The number of carboxylic acid groups (broad SMARTS) is 1. The Balaban J connectivity index is 1.93. The minimum atomic E-state index is -0.934. The molecule has 0 bridgehead atoms. The Morgan fingerprint density at radius 2 is 1.91 bits per heavy atom. The van der Waals surface area contributed by atoms with Crippen molar-refractivity contribution in [3.8, 4) is 16.9 Å². The van der Waals surface area contributed by atoms with Gasteiger partial charge in [-0.25, -0.2) is 9.48 Å². The van der Waals surface area contributed by atoms with Crippen molar-refractivity contribution in [1.29, 1.82) is 0 Å². The number of hydrogen-bond donors (Lipinski definition) is 1. The highest BCUT2D eigenvalue weighted by atomic mass is 16.4. The summed E-state index contributed by atoms with van der Waals surface area (Å²) in [7, 11) is 0. The molecule has 4 heteroatoms. The summed E-state index contributed by atoms with van der Waals surface area (Å²) in [6.07, 6.45) is 2.89. The zero-order chi connectivity index (χ0) is 15.5.